The van der Waals surface area contributed by atoms with Crippen molar-refractivity contribution in [3.05, 3.63) is 36.4 Å². The zero-order valence-corrected chi connectivity index (χ0v) is 8.23. The van der Waals surface area contributed by atoms with Gasteiger partial charge in [0.2, 0.25) is 6.08 Å². The minimum Gasteiger partial charge on any atom is -0.497 e. The van der Waals surface area contributed by atoms with E-state index in [0.717, 1.165) is 16.5 Å². The van der Waals surface area contributed by atoms with Gasteiger partial charge in [-0.05, 0) is 35.0 Å². The van der Waals surface area contributed by atoms with E-state index in [1.807, 2.05) is 30.3 Å². The Labute approximate surface area is 87.0 Å². The summed E-state index contributed by atoms with van der Waals surface area (Å²) < 4.78 is 5.11. The van der Waals surface area contributed by atoms with E-state index >= 15 is 0 Å². The molecule has 2 aromatic rings. The van der Waals surface area contributed by atoms with Gasteiger partial charge in [-0.3, -0.25) is 0 Å². The van der Waals surface area contributed by atoms with Crippen molar-refractivity contribution in [2.24, 2.45) is 4.99 Å². The first-order valence-electron chi connectivity index (χ1n) is 4.49. The molecule has 0 unspecified atom stereocenters. The van der Waals surface area contributed by atoms with Crippen LogP contribution in [-0.2, 0) is 4.79 Å². The monoisotopic (exact) mass is 199 g/mol. The zero-order valence-electron chi connectivity index (χ0n) is 8.23. The first kappa shape index (κ1) is 9.44. The number of benzene rings is 2. The van der Waals surface area contributed by atoms with Gasteiger partial charge in [-0.2, -0.15) is 4.99 Å². The van der Waals surface area contributed by atoms with E-state index < -0.39 is 0 Å². The van der Waals surface area contributed by atoms with E-state index in [9.17, 15) is 4.79 Å². The molecule has 0 atom stereocenters. The summed E-state index contributed by atoms with van der Waals surface area (Å²) in [7, 11) is 1.63. The highest BCUT2D eigenvalue weighted by molar-refractivity contribution is 5.86. The van der Waals surface area contributed by atoms with Gasteiger partial charge in [-0.1, -0.05) is 12.1 Å². The van der Waals surface area contributed by atoms with Crippen LogP contribution in [0.2, 0.25) is 0 Å². The normalized spacial score (nSPS) is 9.67. The number of methoxy groups -OCH3 is 1. The maximum absolute atomic E-state index is 10.1. The molecule has 3 heteroatoms. The molecule has 0 heterocycles. The largest absolute Gasteiger partial charge is 0.497 e. The Hall–Kier alpha value is -2.12. The number of rotatable bonds is 2. The summed E-state index contributed by atoms with van der Waals surface area (Å²) in [6, 6.07) is 11.2. The standard InChI is InChI=1S/C12H9NO2/c1-15-12-5-3-9-6-11(13-8-14)4-2-10(9)7-12/h2-7H,1H3. The number of carbonyl (C=O) groups excluding carboxylic acids is 1. The van der Waals surface area contributed by atoms with Gasteiger partial charge in [0.15, 0.2) is 0 Å². The highest BCUT2D eigenvalue weighted by atomic mass is 16.5. The fourth-order valence-corrected chi connectivity index (χ4v) is 1.46. The fourth-order valence-electron chi connectivity index (χ4n) is 1.46. The Morgan fingerprint density at radius 3 is 2.60 bits per heavy atom. The van der Waals surface area contributed by atoms with Gasteiger partial charge in [0.1, 0.15) is 5.75 Å². The molecule has 0 aliphatic rings. The Kier molecular flexibility index (Phi) is 2.48. The zero-order chi connectivity index (χ0) is 10.7. The quantitative estimate of drug-likeness (QED) is 0.551. The Bertz CT molecular complexity index is 542. The van der Waals surface area contributed by atoms with Gasteiger partial charge in [-0.15, -0.1) is 0 Å². The lowest BCUT2D eigenvalue weighted by Gasteiger charge is -2.02. The van der Waals surface area contributed by atoms with E-state index in [4.69, 9.17) is 4.74 Å². The molecule has 0 fully saturated rings. The number of isocyanates is 1. The van der Waals surface area contributed by atoms with E-state index in [-0.39, 0.29) is 0 Å². The van der Waals surface area contributed by atoms with Crippen molar-refractivity contribution in [2.45, 2.75) is 0 Å². The summed E-state index contributed by atoms with van der Waals surface area (Å²) in [6.07, 6.45) is 1.52. The van der Waals surface area contributed by atoms with Crippen LogP contribution in [-0.4, -0.2) is 13.2 Å². The highest BCUT2D eigenvalue weighted by Crippen LogP contribution is 2.24. The number of hydrogen-bond donors (Lipinski definition) is 0. The summed E-state index contributed by atoms with van der Waals surface area (Å²) in [5.74, 6) is 0.814. The van der Waals surface area contributed by atoms with Crippen LogP contribution in [0, 0.1) is 0 Å². The lowest BCUT2D eigenvalue weighted by atomic mass is 10.1. The minimum absolute atomic E-state index is 0.614. The number of aliphatic imine (C=N–C) groups is 1. The van der Waals surface area contributed by atoms with Crippen molar-refractivity contribution < 1.29 is 9.53 Å². The van der Waals surface area contributed by atoms with Gasteiger partial charge in [0, 0.05) is 0 Å². The molecule has 0 saturated heterocycles. The lowest BCUT2D eigenvalue weighted by Crippen LogP contribution is -1.81. The first-order valence-corrected chi connectivity index (χ1v) is 4.49. The molecule has 0 bridgehead atoms. The maximum Gasteiger partial charge on any atom is 0.240 e. The van der Waals surface area contributed by atoms with Crippen LogP contribution in [0.25, 0.3) is 10.8 Å². The van der Waals surface area contributed by atoms with Crippen molar-refractivity contribution in [3.63, 3.8) is 0 Å². The topological polar surface area (TPSA) is 38.7 Å². The minimum atomic E-state index is 0.614. The smallest absolute Gasteiger partial charge is 0.240 e. The van der Waals surface area contributed by atoms with E-state index in [0.29, 0.717) is 5.69 Å². The van der Waals surface area contributed by atoms with Crippen LogP contribution in [0.1, 0.15) is 0 Å². The van der Waals surface area contributed by atoms with Crippen molar-refractivity contribution in [2.75, 3.05) is 7.11 Å². The lowest BCUT2D eigenvalue weighted by molar-refractivity contribution is 0.415. The molecule has 0 N–H and O–H groups in total. The maximum atomic E-state index is 10.1. The van der Waals surface area contributed by atoms with Crippen molar-refractivity contribution in [1.29, 1.82) is 0 Å². The first-order chi connectivity index (χ1) is 7.33. The molecule has 0 saturated carbocycles. The van der Waals surface area contributed by atoms with Crippen LogP contribution in [0.4, 0.5) is 5.69 Å². The summed E-state index contributed by atoms with van der Waals surface area (Å²) >= 11 is 0. The molecule has 0 aliphatic carbocycles. The predicted octanol–water partition coefficient (Wildman–Crippen LogP) is 2.82. The second-order valence-electron chi connectivity index (χ2n) is 3.10. The van der Waals surface area contributed by atoms with Crippen LogP contribution < -0.4 is 4.74 Å². The van der Waals surface area contributed by atoms with Gasteiger partial charge < -0.3 is 4.74 Å². The Morgan fingerprint density at radius 2 is 1.87 bits per heavy atom. The van der Waals surface area contributed by atoms with Crippen LogP contribution >= 0.6 is 0 Å². The molecular weight excluding hydrogens is 190 g/mol. The second-order valence-corrected chi connectivity index (χ2v) is 3.10. The molecule has 74 valence electrons. The Balaban J connectivity index is 2.59. The van der Waals surface area contributed by atoms with Gasteiger partial charge in [0.05, 0.1) is 12.8 Å². The molecule has 0 aromatic heterocycles. The van der Waals surface area contributed by atoms with Crippen molar-refractivity contribution in [3.8, 4) is 5.75 Å². The molecule has 2 rings (SSSR count). The number of hydrogen-bond acceptors (Lipinski definition) is 3. The molecule has 0 aliphatic heterocycles. The fraction of sp³-hybridized carbons (Fsp3) is 0.0833. The number of nitrogens with zero attached hydrogens (tertiary/aromatic N) is 1. The molecular formula is C12H9NO2. The average molecular weight is 199 g/mol. The third kappa shape index (κ3) is 1.87. The molecule has 0 amide bonds. The van der Waals surface area contributed by atoms with Gasteiger partial charge in [-0.25, -0.2) is 4.79 Å². The Morgan fingerprint density at radius 1 is 1.13 bits per heavy atom. The van der Waals surface area contributed by atoms with Crippen LogP contribution in [0.15, 0.2) is 41.4 Å². The second kappa shape index (κ2) is 3.95. The molecule has 3 nitrogen and oxygen atoms in total. The summed E-state index contributed by atoms with van der Waals surface area (Å²) in [6.45, 7) is 0. The summed E-state index contributed by atoms with van der Waals surface area (Å²) in [5.41, 5.74) is 0.614. The molecule has 2 aromatic carbocycles. The number of fused-ring (bicyclic) bond motifs is 1. The third-order valence-corrected chi connectivity index (χ3v) is 2.21. The SMILES string of the molecule is COc1ccc2cc(N=C=O)ccc2c1. The highest BCUT2D eigenvalue weighted by Gasteiger charge is 1.97. The average Bonchev–Trinajstić information content (AvgIpc) is 2.29. The van der Waals surface area contributed by atoms with Crippen LogP contribution in [0.3, 0.4) is 0 Å². The van der Waals surface area contributed by atoms with Crippen molar-refractivity contribution >= 4 is 22.5 Å². The van der Waals surface area contributed by atoms with Crippen LogP contribution in [0.5, 0.6) is 5.75 Å². The summed E-state index contributed by atoms with van der Waals surface area (Å²) in [4.78, 5) is 13.7. The third-order valence-electron chi connectivity index (χ3n) is 2.21. The van der Waals surface area contributed by atoms with E-state index in [1.54, 1.807) is 13.2 Å². The van der Waals surface area contributed by atoms with Gasteiger partial charge in [0.25, 0.3) is 0 Å². The molecule has 0 radical (unpaired) electrons. The van der Waals surface area contributed by atoms with Crippen molar-refractivity contribution in [1.82, 2.24) is 0 Å². The van der Waals surface area contributed by atoms with Gasteiger partial charge >= 0.3 is 0 Å². The number of ether oxygens (including phenoxy) is 1. The molecule has 0 spiro atoms. The summed E-state index contributed by atoms with van der Waals surface area (Å²) in [5, 5.41) is 2.08. The van der Waals surface area contributed by atoms with E-state index in [2.05, 4.69) is 4.99 Å². The molecule has 15 heavy (non-hydrogen) atoms. The predicted molar refractivity (Wildman–Crippen MR) is 58.3 cm³/mol. The van der Waals surface area contributed by atoms with E-state index in [1.165, 1.54) is 6.08 Å².